The van der Waals surface area contributed by atoms with Crippen molar-refractivity contribution in [3.8, 4) is 0 Å². The highest BCUT2D eigenvalue weighted by molar-refractivity contribution is 6.31. The van der Waals surface area contributed by atoms with Gasteiger partial charge in [0.15, 0.2) is 0 Å². The fourth-order valence-electron chi connectivity index (χ4n) is 2.74. The molecule has 0 atom stereocenters. The summed E-state index contributed by atoms with van der Waals surface area (Å²) in [7, 11) is 0. The summed E-state index contributed by atoms with van der Waals surface area (Å²) in [5, 5.41) is 3.92. The zero-order valence-electron chi connectivity index (χ0n) is 14.1. The van der Waals surface area contributed by atoms with Crippen molar-refractivity contribution in [2.75, 3.05) is 29.7 Å². The molecule has 3 rings (SSSR count). The van der Waals surface area contributed by atoms with Crippen LogP contribution in [0.25, 0.3) is 6.08 Å². The van der Waals surface area contributed by atoms with E-state index < -0.39 is 5.97 Å². The Hall–Kier alpha value is -2.30. The number of rotatable bonds is 7. The summed E-state index contributed by atoms with van der Waals surface area (Å²) in [6.07, 6.45) is 1.79. The van der Waals surface area contributed by atoms with Crippen molar-refractivity contribution in [3.63, 3.8) is 0 Å². The lowest BCUT2D eigenvalue weighted by Gasteiger charge is -2.22. The summed E-state index contributed by atoms with van der Waals surface area (Å²) in [6, 6.07) is 17.4. The minimum absolute atomic E-state index is 0.446. The molecule has 134 valence electrons. The van der Waals surface area contributed by atoms with Gasteiger partial charge < -0.3 is 9.74 Å². The molecule has 0 saturated carbocycles. The van der Waals surface area contributed by atoms with E-state index in [1.807, 2.05) is 54.6 Å². The summed E-state index contributed by atoms with van der Waals surface area (Å²) in [5.41, 5.74) is 3.77. The average Bonchev–Trinajstić information content (AvgIpc) is 3.03. The molecule has 26 heavy (non-hydrogen) atoms. The monoisotopic (exact) mass is 388 g/mol. The van der Waals surface area contributed by atoms with Crippen LogP contribution < -0.4 is 4.90 Å². The van der Waals surface area contributed by atoms with Crippen LogP contribution in [0.4, 0.5) is 5.69 Å². The third kappa shape index (κ3) is 4.26. The largest absolute Gasteiger partial charge is 0.369 e. The van der Waals surface area contributed by atoms with Gasteiger partial charge in [-0.3, -0.25) is 0 Å². The first-order valence-electron chi connectivity index (χ1n) is 8.26. The number of carbonyl (C=O) groups excluding carboxylic acids is 1. The van der Waals surface area contributed by atoms with Crippen molar-refractivity contribution in [1.82, 2.24) is 0 Å². The SMILES string of the molecule is O=C1ON=C(c2ccccc2)C1=Cc1ccc(N(CCCl)CCCl)cc1. The highest BCUT2D eigenvalue weighted by atomic mass is 35.5. The topological polar surface area (TPSA) is 41.9 Å². The number of alkyl halides is 2. The van der Waals surface area contributed by atoms with Crippen molar-refractivity contribution >= 4 is 46.6 Å². The second-order valence-electron chi connectivity index (χ2n) is 5.70. The maximum atomic E-state index is 12.1. The van der Waals surface area contributed by atoms with Crippen LogP contribution in [0.3, 0.4) is 0 Å². The molecule has 0 radical (unpaired) electrons. The van der Waals surface area contributed by atoms with Gasteiger partial charge in [0.05, 0.1) is 5.57 Å². The van der Waals surface area contributed by atoms with E-state index in [9.17, 15) is 4.79 Å². The summed E-state index contributed by atoms with van der Waals surface area (Å²) >= 11 is 11.7. The molecule has 0 bridgehead atoms. The average molecular weight is 389 g/mol. The Bertz CT molecular complexity index is 811. The molecule has 0 aromatic heterocycles. The molecular weight excluding hydrogens is 371 g/mol. The molecule has 0 spiro atoms. The van der Waals surface area contributed by atoms with E-state index in [1.54, 1.807) is 6.08 Å². The van der Waals surface area contributed by atoms with Crippen LogP contribution in [0.5, 0.6) is 0 Å². The zero-order chi connectivity index (χ0) is 18.4. The highest BCUT2D eigenvalue weighted by Gasteiger charge is 2.26. The van der Waals surface area contributed by atoms with Gasteiger partial charge in [-0.05, 0) is 23.8 Å². The van der Waals surface area contributed by atoms with Gasteiger partial charge >= 0.3 is 5.97 Å². The van der Waals surface area contributed by atoms with Gasteiger partial charge in [-0.2, -0.15) is 0 Å². The Balaban J connectivity index is 1.84. The van der Waals surface area contributed by atoms with Gasteiger partial charge in [0, 0.05) is 36.1 Å². The zero-order valence-corrected chi connectivity index (χ0v) is 15.6. The number of halogens is 2. The second-order valence-corrected chi connectivity index (χ2v) is 6.46. The Morgan fingerprint density at radius 3 is 2.23 bits per heavy atom. The summed E-state index contributed by atoms with van der Waals surface area (Å²) in [5.74, 6) is 0.621. The lowest BCUT2D eigenvalue weighted by atomic mass is 10.0. The minimum Gasteiger partial charge on any atom is -0.369 e. The van der Waals surface area contributed by atoms with Gasteiger partial charge in [0.2, 0.25) is 0 Å². The van der Waals surface area contributed by atoms with E-state index in [0.29, 0.717) is 23.0 Å². The van der Waals surface area contributed by atoms with Crippen LogP contribution in [-0.4, -0.2) is 36.5 Å². The Kier molecular flexibility index (Phi) is 6.31. The van der Waals surface area contributed by atoms with Crippen LogP contribution in [0.2, 0.25) is 0 Å². The van der Waals surface area contributed by atoms with Crippen molar-refractivity contribution in [3.05, 3.63) is 71.3 Å². The smallest absolute Gasteiger partial charge is 0.368 e. The predicted molar refractivity (Wildman–Crippen MR) is 107 cm³/mol. The Morgan fingerprint density at radius 1 is 0.962 bits per heavy atom. The van der Waals surface area contributed by atoms with E-state index in [2.05, 4.69) is 10.1 Å². The van der Waals surface area contributed by atoms with Crippen LogP contribution in [0.15, 0.2) is 65.3 Å². The molecule has 2 aromatic carbocycles. The van der Waals surface area contributed by atoms with Crippen molar-refractivity contribution in [2.24, 2.45) is 5.16 Å². The third-order valence-electron chi connectivity index (χ3n) is 4.02. The van der Waals surface area contributed by atoms with Crippen LogP contribution in [-0.2, 0) is 9.63 Å². The first kappa shape index (κ1) is 18.5. The quantitative estimate of drug-likeness (QED) is 0.403. The molecule has 1 heterocycles. The molecule has 0 saturated heterocycles. The minimum atomic E-state index is -0.446. The van der Waals surface area contributed by atoms with E-state index in [1.165, 1.54) is 0 Å². The molecule has 2 aromatic rings. The van der Waals surface area contributed by atoms with Crippen LogP contribution in [0, 0.1) is 0 Å². The first-order chi connectivity index (χ1) is 12.7. The molecule has 0 aliphatic carbocycles. The number of hydrogen-bond acceptors (Lipinski definition) is 4. The van der Waals surface area contributed by atoms with E-state index >= 15 is 0 Å². The predicted octanol–water partition coefficient (Wildman–Crippen LogP) is 4.32. The molecule has 0 unspecified atom stereocenters. The summed E-state index contributed by atoms with van der Waals surface area (Å²) in [4.78, 5) is 19.1. The van der Waals surface area contributed by atoms with E-state index in [0.717, 1.165) is 29.9 Å². The molecular formula is C20H18Cl2N2O2. The number of anilines is 1. The van der Waals surface area contributed by atoms with Crippen molar-refractivity contribution < 1.29 is 9.63 Å². The third-order valence-corrected chi connectivity index (χ3v) is 4.36. The Labute approximate surface area is 162 Å². The molecule has 0 fully saturated rings. The molecule has 0 amide bonds. The number of benzene rings is 2. The van der Waals surface area contributed by atoms with Gasteiger partial charge in [-0.15, -0.1) is 23.2 Å². The number of hydrogen-bond donors (Lipinski definition) is 0. The van der Waals surface area contributed by atoms with Crippen LogP contribution >= 0.6 is 23.2 Å². The van der Waals surface area contributed by atoms with E-state index in [-0.39, 0.29) is 0 Å². The van der Waals surface area contributed by atoms with Crippen molar-refractivity contribution in [1.29, 1.82) is 0 Å². The standard InChI is InChI=1S/C20H18Cl2N2O2/c21-10-12-24(13-11-22)17-8-6-15(7-9-17)14-18-19(23-26-20(18)25)16-4-2-1-3-5-16/h1-9,14H,10-13H2. The first-order valence-corrected chi connectivity index (χ1v) is 9.33. The Morgan fingerprint density at radius 2 is 1.62 bits per heavy atom. The number of carbonyl (C=O) groups is 1. The molecule has 4 nitrogen and oxygen atoms in total. The summed E-state index contributed by atoms with van der Waals surface area (Å²) in [6.45, 7) is 1.46. The number of oxime groups is 1. The van der Waals surface area contributed by atoms with Gasteiger partial charge in [-0.1, -0.05) is 47.6 Å². The maximum Gasteiger partial charge on any atom is 0.368 e. The van der Waals surface area contributed by atoms with Gasteiger partial charge in [-0.25, -0.2) is 4.79 Å². The molecule has 6 heteroatoms. The fraction of sp³-hybridized carbons (Fsp3) is 0.200. The normalized spacial score (nSPS) is 15.1. The summed E-state index contributed by atoms with van der Waals surface area (Å²) < 4.78 is 0. The van der Waals surface area contributed by atoms with Crippen molar-refractivity contribution in [2.45, 2.75) is 0 Å². The van der Waals surface area contributed by atoms with Gasteiger partial charge in [0.1, 0.15) is 5.71 Å². The number of nitrogens with zero attached hydrogens (tertiary/aromatic N) is 2. The molecule has 1 aliphatic heterocycles. The lowest BCUT2D eigenvalue weighted by Crippen LogP contribution is -2.27. The lowest BCUT2D eigenvalue weighted by molar-refractivity contribution is -0.136. The fourth-order valence-corrected chi connectivity index (χ4v) is 3.14. The van der Waals surface area contributed by atoms with Gasteiger partial charge in [0.25, 0.3) is 0 Å². The maximum absolute atomic E-state index is 12.1. The van der Waals surface area contributed by atoms with Crippen LogP contribution in [0.1, 0.15) is 11.1 Å². The van der Waals surface area contributed by atoms with E-state index in [4.69, 9.17) is 28.0 Å². The highest BCUT2D eigenvalue weighted by Crippen LogP contribution is 2.22. The molecule has 1 aliphatic rings. The second kappa shape index (κ2) is 8.88. The molecule has 0 N–H and O–H groups in total.